The number of nitrogens with one attached hydrogen (secondary N) is 2. The van der Waals surface area contributed by atoms with E-state index in [4.69, 9.17) is 0 Å². The minimum absolute atomic E-state index is 0.0577. The number of nitrogens with zero attached hydrogens (tertiary/aromatic N) is 1. The summed E-state index contributed by atoms with van der Waals surface area (Å²) in [4.78, 5) is 27.3. The van der Waals surface area contributed by atoms with E-state index in [2.05, 4.69) is 28.2 Å². The van der Waals surface area contributed by atoms with Gasteiger partial charge in [0.1, 0.15) is 6.04 Å². The van der Waals surface area contributed by atoms with Gasteiger partial charge in [-0.2, -0.15) is 0 Å². The van der Waals surface area contributed by atoms with Gasteiger partial charge in [-0.3, -0.25) is 4.79 Å². The van der Waals surface area contributed by atoms with Crippen molar-refractivity contribution in [2.45, 2.75) is 31.7 Å². The van der Waals surface area contributed by atoms with Gasteiger partial charge in [-0.25, -0.2) is 4.79 Å². The molecule has 0 bridgehead atoms. The van der Waals surface area contributed by atoms with Gasteiger partial charge in [-0.05, 0) is 42.7 Å². The zero-order chi connectivity index (χ0) is 15.4. The summed E-state index contributed by atoms with van der Waals surface area (Å²) in [5.41, 5.74) is 1.31. The van der Waals surface area contributed by atoms with Gasteiger partial charge in [0.2, 0.25) is 5.91 Å². The van der Waals surface area contributed by atoms with Crippen molar-refractivity contribution in [3.63, 3.8) is 0 Å². The SMILES string of the molecule is O=C1NCCCC[C@@H]1NC(=O)N1CC=C(c2cccs2)CC1. The van der Waals surface area contributed by atoms with E-state index in [1.807, 2.05) is 6.07 Å². The predicted molar refractivity (Wildman–Crippen MR) is 87.7 cm³/mol. The minimum atomic E-state index is -0.391. The molecule has 2 aliphatic heterocycles. The second-order valence-corrected chi connectivity index (χ2v) is 6.64. The van der Waals surface area contributed by atoms with E-state index in [1.165, 1.54) is 10.5 Å². The quantitative estimate of drug-likeness (QED) is 0.878. The molecule has 1 aromatic rings. The van der Waals surface area contributed by atoms with Crippen LogP contribution in [-0.4, -0.2) is 42.5 Å². The van der Waals surface area contributed by atoms with Crippen LogP contribution >= 0.6 is 11.3 Å². The van der Waals surface area contributed by atoms with Crippen molar-refractivity contribution in [3.05, 3.63) is 28.5 Å². The largest absolute Gasteiger partial charge is 0.354 e. The number of carbonyl (C=O) groups excluding carboxylic acids is 2. The van der Waals surface area contributed by atoms with E-state index >= 15 is 0 Å². The van der Waals surface area contributed by atoms with Crippen molar-refractivity contribution in [3.8, 4) is 0 Å². The Hall–Kier alpha value is -1.82. The van der Waals surface area contributed by atoms with Gasteiger partial charge >= 0.3 is 6.03 Å². The third kappa shape index (κ3) is 3.50. The molecule has 0 aromatic carbocycles. The molecule has 1 atom stereocenters. The van der Waals surface area contributed by atoms with Crippen LogP contribution < -0.4 is 10.6 Å². The molecule has 2 N–H and O–H groups in total. The van der Waals surface area contributed by atoms with E-state index < -0.39 is 6.04 Å². The highest BCUT2D eigenvalue weighted by atomic mass is 32.1. The maximum absolute atomic E-state index is 12.3. The van der Waals surface area contributed by atoms with Gasteiger partial charge in [-0.15, -0.1) is 11.3 Å². The van der Waals surface area contributed by atoms with Crippen LogP contribution in [0.3, 0.4) is 0 Å². The van der Waals surface area contributed by atoms with E-state index in [1.54, 1.807) is 16.2 Å². The maximum Gasteiger partial charge on any atom is 0.318 e. The highest BCUT2D eigenvalue weighted by Crippen LogP contribution is 2.26. The molecule has 3 heterocycles. The summed E-state index contributed by atoms with van der Waals surface area (Å²) in [5.74, 6) is -0.0577. The maximum atomic E-state index is 12.3. The summed E-state index contributed by atoms with van der Waals surface area (Å²) < 4.78 is 0. The molecule has 0 aliphatic carbocycles. The first-order chi connectivity index (χ1) is 10.7. The van der Waals surface area contributed by atoms with Crippen LogP contribution in [0.1, 0.15) is 30.6 Å². The van der Waals surface area contributed by atoms with Crippen LogP contribution in [0.2, 0.25) is 0 Å². The molecular weight excluding hydrogens is 298 g/mol. The zero-order valence-corrected chi connectivity index (χ0v) is 13.3. The fraction of sp³-hybridized carbons (Fsp3) is 0.500. The Morgan fingerprint density at radius 3 is 3.05 bits per heavy atom. The van der Waals surface area contributed by atoms with Gasteiger partial charge in [0.25, 0.3) is 0 Å². The summed E-state index contributed by atoms with van der Waals surface area (Å²) in [6.07, 6.45) is 5.65. The number of amides is 3. The number of rotatable bonds is 2. The number of hydrogen-bond donors (Lipinski definition) is 2. The Labute approximate surface area is 134 Å². The van der Waals surface area contributed by atoms with Crippen molar-refractivity contribution in [1.82, 2.24) is 15.5 Å². The van der Waals surface area contributed by atoms with Crippen molar-refractivity contribution < 1.29 is 9.59 Å². The molecule has 0 unspecified atom stereocenters. The molecule has 3 amide bonds. The normalized spacial score (nSPS) is 22.5. The number of hydrogen-bond acceptors (Lipinski definition) is 3. The molecule has 22 heavy (non-hydrogen) atoms. The van der Waals surface area contributed by atoms with Crippen LogP contribution in [0.4, 0.5) is 4.79 Å². The van der Waals surface area contributed by atoms with E-state index in [9.17, 15) is 9.59 Å². The molecule has 2 aliphatic rings. The lowest BCUT2D eigenvalue weighted by molar-refractivity contribution is -0.122. The molecular formula is C16H21N3O2S. The molecule has 0 radical (unpaired) electrons. The van der Waals surface area contributed by atoms with Gasteiger partial charge in [-0.1, -0.05) is 12.1 Å². The zero-order valence-electron chi connectivity index (χ0n) is 12.5. The number of thiophene rings is 1. The Balaban J connectivity index is 1.56. The minimum Gasteiger partial charge on any atom is -0.354 e. The van der Waals surface area contributed by atoms with E-state index in [0.29, 0.717) is 19.6 Å². The summed E-state index contributed by atoms with van der Waals surface area (Å²) >= 11 is 1.73. The van der Waals surface area contributed by atoms with Gasteiger partial charge in [0.05, 0.1) is 0 Å². The monoisotopic (exact) mass is 319 g/mol. The average molecular weight is 319 g/mol. The lowest BCUT2D eigenvalue weighted by Gasteiger charge is -2.28. The summed E-state index contributed by atoms with van der Waals surface area (Å²) in [6, 6.07) is 3.63. The Bertz CT molecular complexity index is 568. The van der Waals surface area contributed by atoms with Crippen molar-refractivity contribution >= 4 is 28.8 Å². The van der Waals surface area contributed by atoms with Crippen LogP contribution in [0, 0.1) is 0 Å². The topological polar surface area (TPSA) is 61.4 Å². The third-order valence-electron chi connectivity index (χ3n) is 4.17. The second kappa shape index (κ2) is 6.96. The molecule has 0 spiro atoms. The van der Waals surface area contributed by atoms with Gasteiger partial charge < -0.3 is 15.5 Å². The summed E-state index contributed by atoms with van der Waals surface area (Å²) in [7, 11) is 0. The summed E-state index contributed by atoms with van der Waals surface area (Å²) in [5, 5.41) is 7.79. The molecule has 5 nitrogen and oxygen atoms in total. The van der Waals surface area contributed by atoms with Crippen LogP contribution in [0.25, 0.3) is 5.57 Å². The predicted octanol–water partition coefficient (Wildman–Crippen LogP) is 2.22. The molecule has 6 heteroatoms. The molecule has 0 saturated carbocycles. The van der Waals surface area contributed by atoms with E-state index in [0.717, 1.165) is 25.7 Å². The molecule has 1 saturated heterocycles. The fourth-order valence-corrected chi connectivity index (χ4v) is 3.65. The Morgan fingerprint density at radius 1 is 1.41 bits per heavy atom. The van der Waals surface area contributed by atoms with Crippen LogP contribution in [0.5, 0.6) is 0 Å². The van der Waals surface area contributed by atoms with Crippen molar-refractivity contribution in [1.29, 1.82) is 0 Å². The van der Waals surface area contributed by atoms with Crippen LogP contribution in [0.15, 0.2) is 23.6 Å². The van der Waals surface area contributed by atoms with Crippen molar-refractivity contribution in [2.75, 3.05) is 19.6 Å². The number of urea groups is 1. The Morgan fingerprint density at radius 2 is 2.32 bits per heavy atom. The lowest BCUT2D eigenvalue weighted by Crippen LogP contribution is -2.51. The molecule has 1 fully saturated rings. The summed E-state index contributed by atoms with van der Waals surface area (Å²) in [6.45, 7) is 2.01. The first-order valence-corrected chi connectivity index (χ1v) is 8.68. The van der Waals surface area contributed by atoms with Gasteiger partial charge in [0.15, 0.2) is 0 Å². The average Bonchev–Trinajstić information content (AvgIpc) is 3.00. The number of carbonyl (C=O) groups is 2. The highest BCUT2D eigenvalue weighted by Gasteiger charge is 2.25. The van der Waals surface area contributed by atoms with Crippen molar-refractivity contribution in [2.24, 2.45) is 0 Å². The van der Waals surface area contributed by atoms with Crippen LogP contribution in [-0.2, 0) is 4.79 Å². The lowest BCUT2D eigenvalue weighted by atomic mass is 10.1. The standard InChI is InChI=1S/C16H21N3O2S/c20-15-13(4-1-2-8-17-15)18-16(21)19-9-6-12(7-10-19)14-5-3-11-22-14/h3,5-6,11,13H,1-2,4,7-10H2,(H,17,20)(H,18,21)/t13-/m0/s1. The van der Waals surface area contributed by atoms with E-state index in [-0.39, 0.29) is 11.9 Å². The first kappa shape index (κ1) is 15.1. The molecule has 1 aromatic heterocycles. The van der Waals surface area contributed by atoms with Gasteiger partial charge in [0, 0.05) is 24.5 Å². The first-order valence-electron chi connectivity index (χ1n) is 7.80. The molecule has 118 valence electrons. The second-order valence-electron chi connectivity index (χ2n) is 5.69. The Kier molecular flexibility index (Phi) is 4.77. The third-order valence-corrected chi connectivity index (χ3v) is 5.11. The highest BCUT2D eigenvalue weighted by molar-refractivity contribution is 7.11. The molecule has 3 rings (SSSR count). The fourth-order valence-electron chi connectivity index (χ4n) is 2.86. The smallest absolute Gasteiger partial charge is 0.318 e.